The van der Waals surface area contributed by atoms with Crippen molar-refractivity contribution in [3.05, 3.63) is 0 Å². The normalized spacial score (nSPS) is 11.2. The molecular formula is C22H45FO. The SMILES string of the molecule is CCCCCCCCCCCCCCOCCCCCCCCF. The van der Waals surface area contributed by atoms with Crippen LogP contribution in [0.3, 0.4) is 0 Å². The van der Waals surface area contributed by atoms with E-state index in [0.717, 1.165) is 26.1 Å². The molecule has 0 aromatic heterocycles. The van der Waals surface area contributed by atoms with Crippen LogP contribution in [-0.2, 0) is 4.74 Å². The minimum absolute atomic E-state index is 0.151. The molecule has 0 fully saturated rings. The first kappa shape index (κ1) is 23.9. The third-order valence-corrected chi connectivity index (χ3v) is 4.81. The maximum atomic E-state index is 11.9. The van der Waals surface area contributed by atoms with Gasteiger partial charge in [-0.2, -0.15) is 0 Å². The summed E-state index contributed by atoms with van der Waals surface area (Å²) in [6.45, 7) is 3.99. The molecule has 0 rings (SSSR count). The summed E-state index contributed by atoms with van der Waals surface area (Å²) in [6.07, 6.45) is 23.4. The number of unbranched alkanes of at least 4 members (excludes halogenated alkanes) is 16. The molecule has 0 saturated heterocycles. The largest absolute Gasteiger partial charge is 0.381 e. The third kappa shape index (κ3) is 21.9. The third-order valence-electron chi connectivity index (χ3n) is 4.81. The Kier molecular flexibility index (Phi) is 22.8. The molecule has 0 saturated carbocycles. The number of rotatable bonds is 21. The second-order valence-corrected chi connectivity index (χ2v) is 7.31. The van der Waals surface area contributed by atoms with E-state index in [1.165, 1.54) is 103 Å². The molecule has 0 aromatic rings. The molecule has 24 heavy (non-hydrogen) atoms. The lowest BCUT2D eigenvalue weighted by atomic mass is 10.1. The molecule has 1 nitrogen and oxygen atoms in total. The molecule has 0 radical (unpaired) electrons. The van der Waals surface area contributed by atoms with Gasteiger partial charge in [0, 0.05) is 13.2 Å². The van der Waals surface area contributed by atoms with E-state index < -0.39 is 0 Å². The summed E-state index contributed by atoms with van der Waals surface area (Å²) in [4.78, 5) is 0. The van der Waals surface area contributed by atoms with Gasteiger partial charge in [-0.15, -0.1) is 0 Å². The van der Waals surface area contributed by atoms with Crippen molar-refractivity contribution in [2.75, 3.05) is 19.9 Å². The molecule has 0 bridgehead atoms. The zero-order valence-electron chi connectivity index (χ0n) is 16.6. The second kappa shape index (κ2) is 22.9. The molecule has 0 atom stereocenters. The van der Waals surface area contributed by atoms with Crippen LogP contribution >= 0.6 is 0 Å². The highest BCUT2D eigenvalue weighted by Crippen LogP contribution is 2.12. The van der Waals surface area contributed by atoms with Crippen LogP contribution in [0.5, 0.6) is 0 Å². The Labute approximate surface area is 152 Å². The van der Waals surface area contributed by atoms with E-state index in [1.54, 1.807) is 0 Å². The van der Waals surface area contributed by atoms with Crippen molar-refractivity contribution in [3.8, 4) is 0 Å². The van der Waals surface area contributed by atoms with Crippen molar-refractivity contribution in [2.45, 2.75) is 122 Å². The van der Waals surface area contributed by atoms with Crippen LogP contribution in [0.2, 0.25) is 0 Å². The Morgan fingerprint density at radius 2 is 0.792 bits per heavy atom. The molecule has 0 heterocycles. The van der Waals surface area contributed by atoms with Crippen LogP contribution < -0.4 is 0 Å². The van der Waals surface area contributed by atoms with Crippen LogP contribution in [0.4, 0.5) is 4.39 Å². The molecule has 0 aromatic carbocycles. The first-order valence-electron chi connectivity index (χ1n) is 11.1. The quantitative estimate of drug-likeness (QED) is 0.192. The molecule has 0 aliphatic heterocycles. The monoisotopic (exact) mass is 344 g/mol. The van der Waals surface area contributed by atoms with Gasteiger partial charge in [-0.1, -0.05) is 103 Å². The zero-order chi connectivity index (χ0) is 17.6. The smallest absolute Gasteiger partial charge is 0.0894 e. The fraction of sp³-hybridized carbons (Fsp3) is 1.00. The molecule has 0 unspecified atom stereocenters. The summed E-state index contributed by atoms with van der Waals surface area (Å²) >= 11 is 0. The molecule has 0 amide bonds. The van der Waals surface area contributed by atoms with Crippen LogP contribution in [0.1, 0.15) is 122 Å². The van der Waals surface area contributed by atoms with E-state index >= 15 is 0 Å². The van der Waals surface area contributed by atoms with Gasteiger partial charge < -0.3 is 4.74 Å². The predicted molar refractivity (Wildman–Crippen MR) is 106 cm³/mol. The van der Waals surface area contributed by atoms with Gasteiger partial charge in [-0.3, -0.25) is 4.39 Å². The van der Waals surface area contributed by atoms with Crippen LogP contribution in [-0.4, -0.2) is 19.9 Å². The van der Waals surface area contributed by atoms with Gasteiger partial charge in [-0.05, 0) is 19.3 Å². The Bertz CT molecular complexity index is 186. The molecule has 0 spiro atoms. The maximum absolute atomic E-state index is 11.9. The van der Waals surface area contributed by atoms with E-state index in [4.69, 9.17) is 4.74 Å². The summed E-state index contributed by atoms with van der Waals surface area (Å²) in [5, 5.41) is 0. The summed E-state index contributed by atoms with van der Waals surface area (Å²) in [5.41, 5.74) is 0. The van der Waals surface area contributed by atoms with Gasteiger partial charge in [0.15, 0.2) is 0 Å². The van der Waals surface area contributed by atoms with E-state index in [1.807, 2.05) is 0 Å². The van der Waals surface area contributed by atoms with E-state index in [9.17, 15) is 4.39 Å². The number of hydrogen-bond donors (Lipinski definition) is 0. The Balaban J connectivity index is 2.93. The molecule has 0 N–H and O–H groups in total. The first-order chi connectivity index (χ1) is 11.9. The van der Waals surface area contributed by atoms with Crippen molar-refractivity contribution in [3.63, 3.8) is 0 Å². The van der Waals surface area contributed by atoms with Gasteiger partial charge in [0.25, 0.3) is 0 Å². The maximum Gasteiger partial charge on any atom is 0.0894 e. The Morgan fingerprint density at radius 3 is 1.17 bits per heavy atom. The minimum Gasteiger partial charge on any atom is -0.381 e. The van der Waals surface area contributed by atoms with Crippen molar-refractivity contribution in [1.82, 2.24) is 0 Å². The first-order valence-corrected chi connectivity index (χ1v) is 11.1. The topological polar surface area (TPSA) is 9.23 Å². The number of alkyl halides is 1. The summed E-state index contributed by atoms with van der Waals surface area (Å²) < 4.78 is 17.6. The average Bonchev–Trinajstić information content (AvgIpc) is 2.60. The van der Waals surface area contributed by atoms with E-state index in [2.05, 4.69) is 6.92 Å². The number of ether oxygens (including phenoxy) is 1. The minimum atomic E-state index is -0.151. The van der Waals surface area contributed by atoms with E-state index in [-0.39, 0.29) is 6.67 Å². The van der Waals surface area contributed by atoms with Crippen LogP contribution in [0, 0.1) is 0 Å². The summed E-state index contributed by atoms with van der Waals surface area (Å²) in [5.74, 6) is 0. The molecular weight excluding hydrogens is 299 g/mol. The van der Waals surface area contributed by atoms with Gasteiger partial charge in [0.1, 0.15) is 0 Å². The number of hydrogen-bond acceptors (Lipinski definition) is 1. The highest BCUT2D eigenvalue weighted by Gasteiger charge is 1.95. The molecule has 2 heteroatoms. The van der Waals surface area contributed by atoms with Crippen LogP contribution in [0.25, 0.3) is 0 Å². The van der Waals surface area contributed by atoms with Crippen molar-refractivity contribution >= 4 is 0 Å². The fourth-order valence-electron chi connectivity index (χ4n) is 3.15. The average molecular weight is 345 g/mol. The van der Waals surface area contributed by atoms with Crippen molar-refractivity contribution < 1.29 is 9.13 Å². The summed E-state index contributed by atoms with van der Waals surface area (Å²) in [7, 11) is 0. The highest BCUT2D eigenvalue weighted by atomic mass is 19.1. The number of halogens is 1. The summed E-state index contributed by atoms with van der Waals surface area (Å²) in [6, 6.07) is 0. The fourth-order valence-corrected chi connectivity index (χ4v) is 3.15. The van der Waals surface area contributed by atoms with Gasteiger partial charge in [-0.25, -0.2) is 0 Å². The molecule has 146 valence electrons. The Morgan fingerprint density at radius 1 is 0.458 bits per heavy atom. The van der Waals surface area contributed by atoms with Crippen molar-refractivity contribution in [1.29, 1.82) is 0 Å². The lowest BCUT2D eigenvalue weighted by Crippen LogP contribution is -1.97. The Hall–Kier alpha value is -0.110. The van der Waals surface area contributed by atoms with Crippen LogP contribution in [0.15, 0.2) is 0 Å². The highest BCUT2D eigenvalue weighted by molar-refractivity contribution is 4.49. The second-order valence-electron chi connectivity index (χ2n) is 7.31. The lowest BCUT2D eigenvalue weighted by Gasteiger charge is -2.05. The predicted octanol–water partition coefficient (Wildman–Crippen LogP) is 8.01. The van der Waals surface area contributed by atoms with Gasteiger partial charge in [0.05, 0.1) is 6.67 Å². The van der Waals surface area contributed by atoms with E-state index in [0.29, 0.717) is 0 Å². The van der Waals surface area contributed by atoms with Gasteiger partial charge in [0.2, 0.25) is 0 Å². The van der Waals surface area contributed by atoms with Gasteiger partial charge >= 0.3 is 0 Å². The molecule has 0 aliphatic carbocycles. The lowest BCUT2D eigenvalue weighted by molar-refractivity contribution is 0.125. The zero-order valence-corrected chi connectivity index (χ0v) is 16.6. The molecule has 0 aliphatic rings. The standard InChI is InChI=1S/C22H45FO/c1-2-3-4-5-6-7-8-9-10-12-15-18-21-24-22-19-16-13-11-14-17-20-23/h2-22H2,1H3. The van der Waals surface area contributed by atoms with Crippen molar-refractivity contribution in [2.24, 2.45) is 0 Å².